The van der Waals surface area contributed by atoms with E-state index < -0.39 is 10.7 Å². The van der Waals surface area contributed by atoms with Crippen LogP contribution >= 0.6 is 0 Å². The van der Waals surface area contributed by atoms with Crippen molar-refractivity contribution in [3.8, 4) is 0 Å². The van der Waals surface area contributed by atoms with Gasteiger partial charge in [0.15, 0.2) is 0 Å². The number of halogens is 1. The van der Waals surface area contributed by atoms with Crippen molar-refractivity contribution in [1.82, 2.24) is 0 Å². The van der Waals surface area contributed by atoms with Crippen LogP contribution < -0.4 is 5.32 Å². The van der Waals surface area contributed by atoms with Gasteiger partial charge in [0.25, 0.3) is 5.69 Å². The zero-order chi connectivity index (χ0) is 13.8. The fourth-order valence-corrected chi connectivity index (χ4v) is 2.69. The molecular weight excluding hydrogens is 247 g/mol. The highest BCUT2D eigenvalue weighted by Crippen LogP contribution is 2.30. The van der Waals surface area contributed by atoms with Crippen LogP contribution in [0.1, 0.15) is 39.0 Å². The van der Waals surface area contributed by atoms with Crippen LogP contribution in [0, 0.1) is 21.8 Å². The quantitative estimate of drug-likeness (QED) is 0.508. The SMILES string of the molecule is CC1CCCCCC1Nc1cc(F)ccc1[N+](=O)[O-]. The highest BCUT2D eigenvalue weighted by Gasteiger charge is 2.23. The van der Waals surface area contributed by atoms with Gasteiger partial charge in [-0.15, -0.1) is 0 Å². The molecule has 1 aliphatic rings. The normalized spacial score (nSPS) is 23.7. The maximum Gasteiger partial charge on any atom is 0.292 e. The third-order valence-electron chi connectivity index (χ3n) is 3.86. The molecule has 0 aromatic heterocycles. The van der Waals surface area contributed by atoms with Crippen LogP contribution in [0.15, 0.2) is 18.2 Å². The number of benzene rings is 1. The van der Waals surface area contributed by atoms with Gasteiger partial charge in [-0.05, 0) is 24.8 Å². The Labute approximate surface area is 112 Å². The smallest absolute Gasteiger partial charge is 0.292 e. The summed E-state index contributed by atoms with van der Waals surface area (Å²) < 4.78 is 13.3. The minimum Gasteiger partial charge on any atom is -0.376 e. The molecule has 104 valence electrons. The molecule has 0 bridgehead atoms. The first kappa shape index (κ1) is 13.8. The second-order valence-electron chi connectivity index (χ2n) is 5.28. The van der Waals surface area contributed by atoms with Gasteiger partial charge < -0.3 is 5.32 Å². The molecule has 0 saturated heterocycles. The Morgan fingerprint density at radius 3 is 2.79 bits per heavy atom. The van der Waals surface area contributed by atoms with E-state index in [-0.39, 0.29) is 11.7 Å². The Morgan fingerprint density at radius 1 is 1.32 bits per heavy atom. The molecule has 1 N–H and O–H groups in total. The van der Waals surface area contributed by atoms with Crippen molar-refractivity contribution in [2.24, 2.45) is 5.92 Å². The molecule has 1 aliphatic carbocycles. The zero-order valence-electron chi connectivity index (χ0n) is 11.1. The van der Waals surface area contributed by atoms with E-state index in [0.29, 0.717) is 11.6 Å². The van der Waals surface area contributed by atoms with Gasteiger partial charge in [0.1, 0.15) is 11.5 Å². The summed E-state index contributed by atoms with van der Waals surface area (Å²) in [5.74, 6) is -0.000235. The third kappa shape index (κ3) is 3.43. The summed E-state index contributed by atoms with van der Waals surface area (Å²) in [6, 6.07) is 3.75. The van der Waals surface area contributed by atoms with Gasteiger partial charge in [-0.1, -0.05) is 26.2 Å². The van der Waals surface area contributed by atoms with Crippen LogP contribution in [0.3, 0.4) is 0 Å². The maximum atomic E-state index is 13.3. The van der Waals surface area contributed by atoms with Gasteiger partial charge in [-0.2, -0.15) is 0 Å². The highest BCUT2D eigenvalue weighted by molar-refractivity contribution is 5.61. The number of nitrogens with zero attached hydrogens (tertiary/aromatic N) is 1. The minimum atomic E-state index is -0.469. The molecule has 2 atom stereocenters. The lowest BCUT2D eigenvalue weighted by Crippen LogP contribution is -2.26. The average molecular weight is 266 g/mol. The maximum absolute atomic E-state index is 13.3. The second-order valence-corrected chi connectivity index (χ2v) is 5.28. The Bertz CT molecular complexity index is 465. The molecule has 4 nitrogen and oxygen atoms in total. The molecule has 19 heavy (non-hydrogen) atoms. The van der Waals surface area contributed by atoms with E-state index in [9.17, 15) is 14.5 Å². The number of anilines is 1. The van der Waals surface area contributed by atoms with E-state index in [2.05, 4.69) is 12.2 Å². The third-order valence-corrected chi connectivity index (χ3v) is 3.86. The van der Waals surface area contributed by atoms with Crippen molar-refractivity contribution >= 4 is 11.4 Å². The van der Waals surface area contributed by atoms with Crippen molar-refractivity contribution in [3.63, 3.8) is 0 Å². The molecule has 1 fully saturated rings. The fraction of sp³-hybridized carbons (Fsp3) is 0.571. The number of rotatable bonds is 3. The number of nitrogens with one attached hydrogen (secondary N) is 1. The van der Waals surface area contributed by atoms with Crippen molar-refractivity contribution in [1.29, 1.82) is 0 Å². The minimum absolute atomic E-state index is 0.0575. The molecule has 1 saturated carbocycles. The number of hydrogen-bond donors (Lipinski definition) is 1. The summed E-state index contributed by atoms with van der Waals surface area (Å²) in [5.41, 5.74) is 0.238. The monoisotopic (exact) mass is 266 g/mol. The lowest BCUT2D eigenvalue weighted by molar-refractivity contribution is -0.384. The van der Waals surface area contributed by atoms with Crippen LogP contribution in [-0.4, -0.2) is 11.0 Å². The van der Waals surface area contributed by atoms with Gasteiger partial charge in [-0.25, -0.2) is 4.39 Å². The molecule has 1 aromatic rings. The Hall–Kier alpha value is -1.65. The van der Waals surface area contributed by atoms with Gasteiger partial charge in [0, 0.05) is 18.2 Å². The van der Waals surface area contributed by atoms with Crippen molar-refractivity contribution < 1.29 is 9.31 Å². The summed E-state index contributed by atoms with van der Waals surface area (Å²) in [6.45, 7) is 2.15. The van der Waals surface area contributed by atoms with Crippen molar-refractivity contribution in [2.45, 2.75) is 45.1 Å². The Balaban J connectivity index is 2.21. The van der Waals surface area contributed by atoms with E-state index in [4.69, 9.17) is 0 Å². The van der Waals surface area contributed by atoms with Crippen LogP contribution in [0.25, 0.3) is 0 Å². The molecule has 5 heteroatoms. The van der Waals surface area contributed by atoms with E-state index in [1.807, 2.05) is 0 Å². The van der Waals surface area contributed by atoms with Gasteiger partial charge in [0.05, 0.1) is 4.92 Å². The van der Waals surface area contributed by atoms with E-state index in [0.717, 1.165) is 25.3 Å². The van der Waals surface area contributed by atoms with Crippen LogP contribution in [-0.2, 0) is 0 Å². The Kier molecular flexibility index (Phi) is 4.35. The molecule has 2 unspecified atom stereocenters. The largest absolute Gasteiger partial charge is 0.376 e. The lowest BCUT2D eigenvalue weighted by atomic mass is 9.96. The topological polar surface area (TPSA) is 55.2 Å². The first-order valence-corrected chi connectivity index (χ1v) is 6.78. The standard InChI is InChI=1S/C14H19FN2O2/c1-10-5-3-2-4-6-12(10)16-13-9-11(15)7-8-14(13)17(18)19/h7-10,12,16H,2-6H2,1H3. The van der Waals surface area contributed by atoms with E-state index >= 15 is 0 Å². The molecule has 0 spiro atoms. The Morgan fingerprint density at radius 2 is 2.05 bits per heavy atom. The summed E-state index contributed by atoms with van der Waals surface area (Å²) in [5, 5.41) is 14.1. The molecule has 0 heterocycles. The predicted molar refractivity (Wildman–Crippen MR) is 72.7 cm³/mol. The molecule has 0 aliphatic heterocycles. The molecule has 0 radical (unpaired) electrons. The first-order chi connectivity index (χ1) is 9.08. The molecule has 0 amide bonds. The second kappa shape index (κ2) is 5.99. The summed E-state index contributed by atoms with van der Waals surface area (Å²) in [4.78, 5) is 10.5. The number of nitro groups is 1. The molecular formula is C14H19FN2O2. The summed E-state index contributed by atoms with van der Waals surface area (Å²) >= 11 is 0. The fourth-order valence-electron chi connectivity index (χ4n) is 2.69. The van der Waals surface area contributed by atoms with Crippen LogP contribution in [0.4, 0.5) is 15.8 Å². The van der Waals surface area contributed by atoms with Gasteiger partial charge in [0.2, 0.25) is 0 Å². The van der Waals surface area contributed by atoms with Gasteiger partial charge >= 0.3 is 0 Å². The summed E-state index contributed by atoms with van der Waals surface area (Å²) in [6.07, 6.45) is 5.61. The highest BCUT2D eigenvalue weighted by atomic mass is 19.1. The lowest BCUT2D eigenvalue weighted by Gasteiger charge is -2.23. The van der Waals surface area contributed by atoms with Gasteiger partial charge in [-0.3, -0.25) is 10.1 Å². The van der Waals surface area contributed by atoms with Crippen LogP contribution in [0.5, 0.6) is 0 Å². The first-order valence-electron chi connectivity index (χ1n) is 6.78. The molecule has 2 rings (SSSR count). The predicted octanol–water partition coefficient (Wildman–Crippen LogP) is 4.11. The number of hydrogen-bond acceptors (Lipinski definition) is 3. The van der Waals surface area contributed by atoms with Crippen LogP contribution in [0.2, 0.25) is 0 Å². The van der Waals surface area contributed by atoms with E-state index in [1.165, 1.54) is 25.0 Å². The average Bonchev–Trinajstić information content (AvgIpc) is 2.55. The van der Waals surface area contributed by atoms with Crippen molar-refractivity contribution in [2.75, 3.05) is 5.32 Å². The zero-order valence-corrected chi connectivity index (χ0v) is 11.1. The summed E-state index contributed by atoms with van der Waals surface area (Å²) in [7, 11) is 0. The molecule has 1 aromatic carbocycles. The van der Waals surface area contributed by atoms with Crippen molar-refractivity contribution in [3.05, 3.63) is 34.1 Å². The number of nitro benzene ring substituents is 1. The van der Waals surface area contributed by atoms with E-state index in [1.54, 1.807) is 0 Å².